The molecule has 0 atom stereocenters. The molecule has 2 aromatic rings. The van der Waals surface area contributed by atoms with Gasteiger partial charge < -0.3 is 10.5 Å². The van der Waals surface area contributed by atoms with Crippen LogP contribution in [0.5, 0.6) is 5.75 Å². The van der Waals surface area contributed by atoms with Gasteiger partial charge in [0.05, 0.1) is 11.6 Å². The maximum absolute atomic E-state index is 10.6. The highest BCUT2D eigenvalue weighted by molar-refractivity contribution is 6.30. The first-order valence-electron chi connectivity index (χ1n) is 6.47. The largest absolute Gasteiger partial charge is 0.484 e. The summed E-state index contributed by atoms with van der Waals surface area (Å²) in [6, 6.07) is 16.2. The number of benzene rings is 2. The molecule has 0 saturated heterocycles. The molecule has 1 amide bonds. The highest BCUT2D eigenvalue weighted by Crippen LogP contribution is 2.21. The Labute approximate surface area is 133 Å². The molecule has 2 N–H and O–H groups in total. The molecule has 0 aliphatic carbocycles. The maximum Gasteiger partial charge on any atom is 0.255 e. The highest BCUT2D eigenvalue weighted by atomic mass is 35.5. The standard InChI is InChI=1S/C17H13ClN2O2/c18-15-5-3-13(4-6-15)14(10-19)9-12-1-7-16(8-2-12)22-11-17(20)21/h1-9H,11H2,(H2,20,21)/b14-9-. The van der Waals surface area contributed by atoms with Crippen molar-refractivity contribution >= 4 is 29.2 Å². The fraction of sp³-hybridized carbons (Fsp3) is 0.0588. The molecule has 0 spiro atoms. The summed E-state index contributed by atoms with van der Waals surface area (Å²) >= 11 is 5.84. The first-order valence-corrected chi connectivity index (χ1v) is 6.85. The van der Waals surface area contributed by atoms with Gasteiger partial charge in [-0.2, -0.15) is 5.26 Å². The lowest BCUT2D eigenvalue weighted by molar-refractivity contribution is -0.119. The number of allylic oxidation sites excluding steroid dienone is 1. The van der Waals surface area contributed by atoms with Crippen LogP contribution in [0.1, 0.15) is 11.1 Å². The average Bonchev–Trinajstić information content (AvgIpc) is 2.52. The monoisotopic (exact) mass is 312 g/mol. The maximum atomic E-state index is 10.6. The summed E-state index contributed by atoms with van der Waals surface area (Å²) in [6.07, 6.45) is 1.76. The normalized spacial score (nSPS) is 10.8. The van der Waals surface area contributed by atoms with Gasteiger partial charge >= 0.3 is 0 Å². The Kier molecular flexibility index (Phi) is 5.18. The van der Waals surface area contributed by atoms with Gasteiger partial charge in [-0.15, -0.1) is 0 Å². The molecular formula is C17H13ClN2O2. The molecule has 0 heterocycles. The Morgan fingerprint density at radius 3 is 2.36 bits per heavy atom. The number of carbonyl (C=O) groups excluding carboxylic acids is 1. The van der Waals surface area contributed by atoms with E-state index in [1.165, 1.54) is 0 Å². The van der Waals surface area contributed by atoms with Gasteiger partial charge in [0.25, 0.3) is 5.91 Å². The molecule has 0 bridgehead atoms. The van der Waals surface area contributed by atoms with Gasteiger partial charge in [-0.3, -0.25) is 4.79 Å². The lowest BCUT2D eigenvalue weighted by Crippen LogP contribution is -2.19. The van der Waals surface area contributed by atoms with Crippen molar-refractivity contribution in [1.82, 2.24) is 0 Å². The molecule has 0 fully saturated rings. The Hall–Kier alpha value is -2.77. The molecule has 2 rings (SSSR count). The SMILES string of the molecule is N#C/C(=C/c1ccc(OCC(N)=O)cc1)c1ccc(Cl)cc1. The fourth-order valence-corrected chi connectivity index (χ4v) is 1.92. The fourth-order valence-electron chi connectivity index (χ4n) is 1.79. The molecule has 2 aromatic carbocycles. The number of ether oxygens (including phenoxy) is 1. The molecule has 110 valence electrons. The van der Waals surface area contributed by atoms with E-state index in [9.17, 15) is 10.1 Å². The number of halogens is 1. The third-order valence-corrected chi connectivity index (χ3v) is 3.10. The quantitative estimate of drug-likeness (QED) is 0.680. The Balaban J connectivity index is 2.18. The number of hydrogen-bond acceptors (Lipinski definition) is 3. The van der Waals surface area contributed by atoms with Crippen molar-refractivity contribution < 1.29 is 9.53 Å². The molecule has 0 saturated carbocycles. The number of nitrogens with two attached hydrogens (primary N) is 1. The smallest absolute Gasteiger partial charge is 0.255 e. The van der Waals surface area contributed by atoms with Crippen LogP contribution < -0.4 is 10.5 Å². The summed E-state index contributed by atoms with van der Waals surface area (Å²) < 4.78 is 5.18. The molecule has 5 heteroatoms. The molecule has 22 heavy (non-hydrogen) atoms. The van der Waals surface area contributed by atoms with Crippen LogP contribution in [0.25, 0.3) is 11.6 Å². The van der Waals surface area contributed by atoms with E-state index in [1.807, 2.05) is 0 Å². The van der Waals surface area contributed by atoms with E-state index >= 15 is 0 Å². The van der Waals surface area contributed by atoms with E-state index in [4.69, 9.17) is 22.1 Å². The molecule has 0 aromatic heterocycles. The Morgan fingerprint density at radius 2 is 1.82 bits per heavy atom. The number of nitrogens with zero attached hydrogens (tertiary/aromatic N) is 1. The van der Waals surface area contributed by atoms with Crippen molar-refractivity contribution in [2.75, 3.05) is 6.61 Å². The molecule has 0 radical (unpaired) electrons. The third kappa shape index (κ3) is 4.37. The minimum atomic E-state index is -0.529. The zero-order valence-corrected chi connectivity index (χ0v) is 12.4. The molecule has 0 aliphatic rings. The van der Waals surface area contributed by atoms with E-state index < -0.39 is 5.91 Å². The van der Waals surface area contributed by atoms with Gasteiger partial charge in [0.2, 0.25) is 0 Å². The average molecular weight is 313 g/mol. The van der Waals surface area contributed by atoms with Crippen molar-refractivity contribution in [2.24, 2.45) is 5.73 Å². The van der Waals surface area contributed by atoms with Crippen LogP contribution in [0.3, 0.4) is 0 Å². The van der Waals surface area contributed by atoms with E-state index in [1.54, 1.807) is 54.6 Å². The highest BCUT2D eigenvalue weighted by Gasteiger charge is 2.02. The first kappa shape index (κ1) is 15.6. The van der Waals surface area contributed by atoms with E-state index in [-0.39, 0.29) is 6.61 Å². The number of nitriles is 1. The lowest BCUT2D eigenvalue weighted by Gasteiger charge is -2.04. The van der Waals surface area contributed by atoms with Gasteiger partial charge in [0.15, 0.2) is 6.61 Å². The summed E-state index contributed by atoms with van der Waals surface area (Å²) in [4.78, 5) is 10.6. The summed E-state index contributed by atoms with van der Waals surface area (Å²) in [5.74, 6) is 0.0134. The third-order valence-electron chi connectivity index (χ3n) is 2.85. The number of primary amides is 1. The van der Waals surface area contributed by atoms with E-state index in [2.05, 4.69) is 6.07 Å². The van der Waals surface area contributed by atoms with Crippen LogP contribution >= 0.6 is 11.6 Å². The second-order valence-corrected chi connectivity index (χ2v) is 4.94. The second kappa shape index (κ2) is 7.30. The minimum absolute atomic E-state index is 0.163. The lowest BCUT2D eigenvalue weighted by atomic mass is 10.0. The topological polar surface area (TPSA) is 76.1 Å². The van der Waals surface area contributed by atoms with Crippen LogP contribution in [0.4, 0.5) is 0 Å². The van der Waals surface area contributed by atoms with Crippen LogP contribution in [0, 0.1) is 11.3 Å². The summed E-state index contributed by atoms with van der Waals surface area (Å²) in [5, 5.41) is 9.90. The number of rotatable bonds is 5. The van der Waals surface area contributed by atoms with Crippen molar-refractivity contribution in [3.63, 3.8) is 0 Å². The second-order valence-electron chi connectivity index (χ2n) is 4.50. The van der Waals surface area contributed by atoms with Crippen LogP contribution in [-0.2, 0) is 4.79 Å². The summed E-state index contributed by atoms with van der Waals surface area (Å²) in [5.41, 5.74) is 7.18. The molecule has 4 nitrogen and oxygen atoms in total. The zero-order valence-electron chi connectivity index (χ0n) is 11.6. The van der Waals surface area contributed by atoms with Crippen LogP contribution in [0.15, 0.2) is 48.5 Å². The van der Waals surface area contributed by atoms with Crippen LogP contribution in [0.2, 0.25) is 5.02 Å². The number of hydrogen-bond donors (Lipinski definition) is 1. The van der Waals surface area contributed by atoms with Gasteiger partial charge in [0, 0.05) is 5.02 Å². The van der Waals surface area contributed by atoms with Gasteiger partial charge in [0.1, 0.15) is 5.75 Å². The van der Waals surface area contributed by atoms with Crippen molar-refractivity contribution in [2.45, 2.75) is 0 Å². The molecular weight excluding hydrogens is 300 g/mol. The summed E-state index contributed by atoms with van der Waals surface area (Å²) in [7, 11) is 0. The molecule has 0 aliphatic heterocycles. The summed E-state index contributed by atoms with van der Waals surface area (Å²) in [6.45, 7) is -0.163. The minimum Gasteiger partial charge on any atom is -0.484 e. The van der Waals surface area contributed by atoms with Crippen molar-refractivity contribution in [1.29, 1.82) is 5.26 Å². The predicted octanol–water partition coefficient (Wildman–Crippen LogP) is 3.27. The van der Waals surface area contributed by atoms with Gasteiger partial charge in [-0.05, 0) is 41.5 Å². The van der Waals surface area contributed by atoms with Crippen molar-refractivity contribution in [3.05, 3.63) is 64.7 Å². The van der Waals surface area contributed by atoms with Crippen LogP contribution in [-0.4, -0.2) is 12.5 Å². The van der Waals surface area contributed by atoms with Crippen molar-refractivity contribution in [3.8, 4) is 11.8 Å². The van der Waals surface area contributed by atoms with Gasteiger partial charge in [-0.25, -0.2) is 0 Å². The Morgan fingerprint density at radius 1 is 1.18 bits per heavy atom. The number of carbonyl (C=O) groups is 1. The van der Waals surface area contributed by atoms with E-state index in [0.717, 1.165) is 11.1 Å². The predicted molar refractivity (Wildman–Crippen MR) is 86.1 cm³/mol. The molecule has 0 unspecified atom stereocenters. The number of amides is 1. The van der Waals surface area contributed by atoms with Gasteiger partial charge in [-0.1, -0.05) is 35.9 Å². The van der Waals surface area contributed by atoms with E-state index in [0.29, 0.717) is 16.3 Å². The Bertz CT molecular complexity index is 729. The first-order chi connectivity index (χ1) is 10.6. The zero-order chi connectivity index (χ0) is 15.9.